The van der Waals surface area contributed by atoms with Crippen molar-refractivity contribution in [3.05, 3.63) is 77.3 Å². The Balaban J connectivity index is 1.70. The van der Waals surface area contributed by atoms with Gasteiger partial charge in [-0.05, 0) is 23.3 Å². The smallest absolute Gasteiger partial charge is 0.275 e. The standard InChI is InChI=1S/C20H16FN5OS/c21-15-6-13(8-22)18(16(7-15)12-4-2-1-3-5-12)26-19(27)17-11-28-20(25-17)14-9-23-24-10-14/h1-7,9-11H,8,22H2,(H,23,24)(H,26,27). The van der Waals surface area contributed by atoms with Crippen LogP contribution in [0.1, 0.15) is 16.1 Å². The number of halogens is 1. The van der Waals surface area contributed by atoms with E-state index in [2.05, 4.69) is 20.5 Å². The van der Waals surface area contributed by atoms with Gasteiger partial charge in [-0.3, -0.25) is 9.89 Å². The predicted molar refractivity (Wildman–Crippen MR) is 107 cm³/mol. The van der Waals surface area contributed by atoms with Crippen LogP contribution in [-0.2, 0) is 6.54 Å². The largest absolute Gasteiger partial charge is 0.326 e. The molecule has 0 aliphatic carbocycles. The molecular formula is C20H16FN5OS. The van der Waals surface area contributed by atoms with Gasteiger partial charge in [0.1, 0.15) is 16.5 Å². The number of nitrogens with two attached hydrogens (primary N) is 1. The van der Waals surface area contributed by atoms with Crippen LogP contribution in [-0.4, -0.2) is 21.1 Å². The van der Waals surface area contributed by atoms with Gasteiger partial charge in [-0.25, -0.2) is 9.37 Å². The van der Waals surface area contributed by atoms with Crippen LogP contribution >= 0.6 is 11.3 Å². The van der Waals surface area contributed by atoms with Gasteiger partial charge in [-0.15, -0.1) is 11.3 Å². The molecule has 140 valence electrons. The minimum Gasteiger partial charge on any atom is -0.326 e. The Kier molecular flexibility index (Phi) is 4.96. The second-order valence-corrected chi connectivity index (χ2v) is 6.89. The van der Waals surface area contributed by atoms with Crippen LogP contribution in [0.5, 0.6) is 0 Å². The summed E-state index contributed by atoms with van der Waals surface area (Å²) in [6.07, 6.45) is 3.35. The number of H-pyrrole nitrogens is 1. The Bertz CT molecular complexity index is 1110. The first-order valence-electron chi connectivity index (χ1n) is 8.49. The van der Waals surface area contributed by atoms with Crippen LogP contribution in [0.4, 0.5) is 10.1 Å². The van der Waals surface area contributed by atoms with Gasteiger partial charge in [-0.2, -0.15) is 5.10 Å². The number of hydrogen-bond donors (Lipinski definition) is 3. The number of amides is 1. The number of anilines is 1. The van der Waals surface area contributed by atoms with Gasteiger partial charge >= 0.3 is 0 Å². The Morgan fingerprint density at radius 1 is 1.21 bits per heavy atom. The Morgan fingerprint density at radius 3 is 2.75 bits per heavy atom. The molecule has 0 saturated carbocycles. The summed E-state index contributed by atoms with van der Waals surface area (Å²) in [5.74, 6) is -0.794. The highest BCUT2D eigenvalue weighted by Gasteiger charge is 2.18. The highest BCUT2D eigenvalue weighted by atomic mass is 32.1. The van der Waals surface area contributed by atoms with Crippen LogP contribution in [0, 0.1) is 5.82 Å². The molecule has 0 aliphatic rings. The van der Waals surface area contributed by atoms with E-state index in [1.165, 1.54) is 23.5 Å². The molecule has 4 rings (SSSR count). The highest BCUT2D eigenvalue weighted by Crippen LogP contribution is 2.33. The van der Waals surface area contributed by atoms with E-state index in [-0.39, 0.29) is 18.1 Å². The van der Waals surface area contributed by atoms with Crippen molar-refractivity contribution >= 4 is 22.9 Å². The topological polar surface area (TPSA) is 96.7 Å². The zero-order valence-electron chi connectivity index (χ0n) is 14.6. The van der Waals surface area contributed by atoms with Crippen LogP contribution in [0.3, 0.4) is 0 Å². The van der Waals surface area contributed by atoms with Gasteiger partial charge in [0.15, 0.2) is 0 Å². The third kappa shape index (κ3) is 3.55. The van der Waals surface area contributed by atoms with E-state index in [1.807, 2.05) is 30.3 Å². The van der Waals surface area contributed by atoms with Gasteiger partial charge < -0.3 is 11.1 Å². The summed E-state index contributed by atoms with van der Waals surface area (Å²) < 4.78 is 14.1. The SMILES string of the molecule is NCc1cc(F)cc(-c2ccccc2)c1NC(=O)c1csc(-c2cn[nH]c2)n1. The maximum atomic E-state index is 14.1. The molecule has 0 aliphatic heterocycles. The van der Waals surface area contributed by atoms with E-state index in [1.54, 1.807) is 17.8 Å². The summed E-state index contributed by atoms with van der Waals surface area (Å²) in [5.41, 5.74) is 9.23. The number of nitrogens with zero attached hydrogens (tertiary/aromatic N) is 2. The van der Waals surface area contributed by atoms with Crippen molar-refractivity contribution in [2.75, 3.05) is 5.32 Å². The Hall–Kier alpha value is -3.36. The summed E-state index contributed by atoms with van der Waals surface area (Å²) in [5, 5.41) is 11.8. The van der Waals surface area contributed by atoms with Crippen LogP contribution in [0.2, 0.25) is 0 Å². The maximum Gasteiger partial charge on any atom is 0.275 e. The zero-order chi connectivity index (χ0) is 19.5. The van der Waals surface area contributed by atoms with E-state index in [4.69, 9.17) is 5.73 Å². The van der Waals surface area contributed by atoms with Crippen molar-refractivity contribution in [1.82, 2.24) is 15.2 Å². The number of thiazole rings is 1. The number of benzene rings is 2. The van der Waals surface area contributed by atoms with Gasteiger partial charge in [-0.1, -0.05) is 30.3 Å². The van der Waals surface area contributed by atoms with Gasteiger partial charge in [0.25, 0.3) is 5.91 Å². The number of hydrogen-bond acceptors (Lipinski definition) is 5. The summed E-state index contributed by atoms with van der Waals surface area (Å²) in [6, 6.07) is 12.0. The molecule has 2 heterocycles. The Morgan fingerprint density at radius 2 is 2.04 bits per heavy atom. The lowest BCUT2D eigenvalue weighted by molar-refractivity contribution is 0.102. The van der Waals surface area contributed by atoms with Crippen molar-refractivity contribution < 1.29 is 9.18 Å². The van der Waals surface area contributed by atoms with Crippen LogP contribution in [0.15, 0.2) is 60.2 Å². The molecule has 2 aromatic carbocycles. The van der Waals surface area contributed by atoms with Gasteiger partial charge in [0, 0.05) is 29.2 Å². The van der Waals surface area contributed by atoms with E-state index in [0.29, 0.717) is 21.8 Å². The average molecular weight is 393 g/mol. The molecule has 0 atom stereocenters. The first kappa shape index (κ1) is 18.0. The fourth-order valence-corrected chi connectivity index (χ4v) is 3.66. The number of nitrogens with one attached hydrogen (secondary N) is 2. The molecule has 2 aromatic heterocycles. The molecule has 0 radical (unpaired) electrons. The van der Waals surface area contributed by atoms with Crippen molar-refractivity contribution in [3.8, 4) is 21.7 Å². The lowest BCUT2D eigenvalue weighted by Crippen LogP contribution is -2.16. The van der Waals surface area contributed by atoms with Crippen molar-refractivity contribution in [2.45, 2.75) is 6.54 Å². The maximum absolute atomic E-state index is 14.1. The minimum absolute atomic E-state index is 0.0878. The van der Waals surface area contributed by atoms with E-state index in [9.17, 15) is 9.18 Å². The van der Waals surface area contributed by atoms with E-state index in [0.717, 1.165) is 11.1 Å². The van der Waals surface area contributed by atoms with Gasteiger partial charge in [0.05, 0.1) is 11.9 Å². The molecule has 4 aromatic rings. The molecule has 0 saturated heterocycles. The summed E-state index contributed by atoms with van der Waals surface area (Å²) in [7, 11) is 0. The van der Waals surface area contributed by atoms with Gasteiger partial charge in [0.2, 0.25) is 0 Å². The molecule has 6 nitrogen and oxygen atoms in total. The Labute approximate surface area is 164 Å². The summed E-state index contributed by atoms with van der Waals surface area (Å²) >= 11 is 1.34. The van der Waals surface area contributed by atoms with Crippen LogP contribution in [0.25, 0.3) is 21.7 Å². The first-order chi connectivity index (χ1) is 13.7. The van der Waals surface area contributed by atoms with Crippen molar-refractivity contribution in [3.63, 3.8) is 0 Å². The molecule has 28 heavy (non-hydrogen) atoms. The van der Waals surface area contributed by atoms with Crippen molar-refractivity contribution in [2.24, 2.45) is 5.73 Å². The van der Waals surface area contributed by atoms with Crippen LogP contribution < -0.4 is 11.1 Å². The van der Waals surface area contributed by atoms with E-state index < -0.39 is 5.82 Å². The molecule has 0 fully saturated rings. The fourth-order valence-electron chi connectivity index (χ4n) is 2.87. The minimum atomic E-state index is -0.409. The third-order valence-electron chi connectivity index (χ3n) is 4.21. The lowest BCUT2D eigenvalue weighted by Gasteiger charge is -2.15. The zero-order valence-corrected chi connectivity index (χ0v) is 15.5. The molecule has 4 N–H and O–H groups in total. The molecule has 0 unspecified atom stereocenters. The summed E-state index contributed by atoms with van der Waals surface area (Å²) in [4.78, 5) is 17.2. The average Bonchev–Trinajstić information content (AvgIpc) is 3.41. The number of carbonyl (C=O) groups excluding carboxylic acids is 1. The number of aromatic amines is 1. The monoisotopic (exact) mass is 393 g/mol. The molecule has 1 amide bonds. The number of rotatable bonds is 5. The predicted octanol–water partition coefficient (Wildman–Crippen LogP) is 4.05. The first-order valence-corrected chi connectivity index (χ1v) is 9.37. The molecular weight excluding hydrogens is 377 g/mol. The molecule has 0 spiro atoms. The molecule has 8 heteroatoms. The molecule has 0 bridgehead atoms. The van der Waals surface area contributed by atoms with E-state index >= 15 is 0 Å². The quantitative estimate of drug-likeness (QED) is 0.476. The fraction of sp³-hybridized carbons (Fsp3) is 0.0500. The normalized spacial score (nSPS) is 10.8. The second kappa shape index (κ2) is 7.71. The third-order valence-corrected chi connectivity index (χ3v) is 5.10. The highest BCUT2D eigenvalue weighted by molar-refractivity contribution is 7.13. The number of aromatic nitrogens is 3. The number of carbonyl (C=O) groups is 1. The lowest BCUT2D eigenvalue weighted by atomic mass is 9.99. The second-order valence-electron chi connectivity index (χ2n) is 6.04. The van der Waals surface area contributed by atoms with Crippen molar-refractivity contribution in [1.29, 1.82) is 0 Å². The summed E-state index contributed by atoms with van der Waals surface area (Å²) in [6.45, 7) is 0.0878.